The van der Waals surface area contributed by atoms with Gasteiger partial charge in [-0.3, -0.25) is 19.4 Å². The van der Waals surface area contributed by atoms with Crippen molar-refractivity contribution < 1.29 is 14.3 Å². The molecule has 28 heavy (non-hydrogen) atoms. The standard InChI is InChI=1S/C22H25N3O3/c1-16-6-2-5-9-20(16)28-17-10-12-24(13-11-17)15-22(27)25-14-21(26)23-18-7-3-4-8-19(18)25/h2-9,17H,10-15H2,1H3,(H,23,26). The summed E-state index contributed by atoms with van der Waals surface area (Å²) in [6.07, 6.45) is 1.95. The van der Waals surface area contributed by atoms with Gasteiger partial charge in [0.15, 0.2) is 0 Å². The third kappa shape index (κ3) is 4.02. The van der Waals surface area contributed by atoms with E-state index in [4.69, 9.17) is 4.74 Å². The predicted molar refractivity (Wildman–Crippen MR) is 109 cm³/mol. The van der Waals surface area contributed by atoms with Gasteiger partial charge in [0.05, 0.1) is 17.9 Å². The van der Waals surface area contributed by atoms with E-state index >= 15 is 0 Å². The summed E-state index contributed by atoms with van der Waals surface area (Å²) in [7, 11) is 0. The molecule has 4 rings (SSSR count). The number of likely N-dealkylation sites (tertiary alicyclic amines) is 1. The minimum absolute atomic E-state index is 0.0411. The van der Waals surface area contributed by atoms with Gasteiger partial charge in [-0.2, -0.15) is 0 Å². The zero-order valence-electron chi connectivity index (χ0n) is 16.1. The number of carbonyl (C=O) groups is 2. The minimum Gasteiger partial charge on any atom is -0.490 e. The van der Waals surface area contributed by atoms with Crippen molar-refractivity contribution in [1.82, 2.24) is 4.90 Å². The van der Waals surface area contributed by atoms with Gasteiger partial charge in [-0.15, -0.1) is 0 Å². The van der Waals surface area contributed by atoms with Crippen LogP contribution in [-0.4, -0.2) is 49.0 Å². The number of hydrogen-bond donors (Lipinski definition) is 1. The maximum atomic E-state index is 12.9. The first kappa shape index (κ1) is 18.5. The number of aryl methyl sites for hydroxylation is 1. The second-order valence-corrected chi connectivity index (χ2v) is 7.40. The number of fused-ring (bicyclic) bond motifs is 1. The van der Waals surface area contributed by atoms with Crippen LogP contribution in [0.3, 0.4) is 0 Å². The molecule has 0 unspecified atom stereocenters. The maximum absolute atomic E-state index is 12.9. The lowest BCUT2D eigenvalue weighted by Crippen LogP contribution is -2.48. The van der Waals surface area contributed by atoms with Crippen LogP contribution in [0, 0.1) is 6.92 Å². The van der Waals surface area contributed by atoms with Gasteiger partial charge in [0.1, 0.15) is 18.4 Å². The first-order valence-corrected chi connectivity index (χ1v) is 9.74. The second kappa shape index (κ2) is 8.02. The molecular formula is C22H25N3O3. The van der Waals surface area contributed by atoms with Gasteiger partial charge in [-0.25, -0.2) is 0 Å². The topological polar surface area (TPSA) is 61.9 Å². The van der Waals surface area contributed by atoms with Crippen molar-refractivity contribution in [3.8, 4) is 5.75 Å². The van der Waals surface area contributed by atoms with Crippen LogP contribution in [0.2, 0.25) is 0 Å². The van der Waals surface area contributed by atoms with E-state index in [9.17, 15) is 9.59 Å². The number of benzene rings is 2. The quantitative estimate of drug-likeness (QED) is 0.887. The lowest BCUT2D eigenvalue weighted by atomic mass is 10.1. The highest BCUT2D eigenvalue weighted by Gasteiger charge is 2.29. The number of hydrogen-bond acceptors (Lipinski definition) is 4. The van der Waals surface area contributed by atoms with Crippen LogP contribution in [0.15, 0.2) is 48.5 Å². The van der Waals surface area contributed by atoms with E-state index in [0.717, 1.165) is 42.9 Å². The summed E-state index contributed by atoms with van der Waals surface area (Å²) in [5.74, 6) is 0.742. The van der Waals surface area contributed by atoms with E-state index in [1.165, 1.54) is 0 Å². The van der Waals surface area contributed by atoms with Crippen molar-refractivity contribution in [2.75, 3.05) is 36.4 Å². The van der Waals surface area contributed by atoms with Gasteiger partial charge in [0.25, 0.3) is 0 Å². The van der Waals surface area contributed by atoms with Gasteiger partial charge < -0.3 is 10.1 Å². The van der Waals surface area contributed by atoms with E-state index < -0.39 is 0 Å². The van der Waals surface area contributed by atoms with E-state index in [0.29, 0.717) is 12.2 Å². The third-order valence-corrected chi connectivity index (χ3v) is 5.35. The van der Waals surface area contributed by atoms with E-state index in [1.807, 2.05) is 42.5 Å². The maximum Gasteiger partial charge on any atom is 0.244 e. The van der Waals surface area contributed by atoms with Crippen molar-refractivity contribution in [2.24, 2.45) is 0 Å². The van der Waals surface area contributed by atoms with Crippen molar-refractivity contribution in [3.63, 3.8) is 0 Å². The fourth-order valence-electron chi connectivity index (χ4n) is 3.79. The summed E-state index contributed by atoms with van der Waals surface area (Å²) in [5, 5.41) is 2.82. The van der Waals surface area contributed by atoms with Crippen LogP contribution in [0.4, 0.5) is 11.4 Å². The number of anilines is 2. The van der Waals surface area contributed by atoms with Crippen molar-refractivity contribution >= 4 is 23.2 Å². The molecule has 1 N–H and O–H groups in total. The normalized spacial score (nSPS) is 17.8. The fraction of sp³-hybridized carbons (Fsp3) is 0.364. The molecule has 2 aliphatic rings. The Morgan fingerprint density at radius 3 is 2.61 bits per heavy atom. The lowest BCUT2D eigenvalue weighted by molar-refractivity contribution is -0.123. The lowest BCUT2D eigenvalue weighted by Gasteiger charge is -2.34. The molecule has 1 fully saturated rings. The molecule has 6 nitrogen and oxygen atoms in total. The summed E-state index contributed by atoms with van der Waals surface area (Å²) in [5.41, 5.74) is 2.60. The Morgan fingerprint density at radius 2 is 1.82 bits per heavy atom. The number of rotatable bonds is 4. The van der Waals surface area contributed by atoms with Crippen molar-refractivity contribution in [1.29, 1.82) is 0 Å². The van der Waals surface area contributed by atoms with Crippen LogP contribution >= 0.6 is 0 Å². The summed E-state index contributed by atoms with van der Waals surface area (Å²) in [6, 6.07) is 15.5. The Morgan fingerprint density at radius 1 is 1.11 bits per heavy atom. The molecule has 2 aromatic rings. The third-order valence-electron chi connectivity index (χ3n) is 5.35. The molecule has 2 heterocycles. The van der Waals surface area contributed by atoms with Gasteiger partial charge >= 0.3 is 0 Å². The molecule has 0 saturated carbocycles. The molecule has 0 bridgehead atoms. The van der Waals surface area contributed by atoms with Gasteiger partial charge in [-0.05, 0) is 43.5 Å². The zero-order valence-corrected chi connectivity index (χ0v) is 16.1. The first-order valence-electron chi connectivity index (χ1n) is 9.74. The van der Waals surface area contributed by atoms with Crippen LogP contribution in [0.25, 0.3) is 0 Å². The molecule has 2 aromatic carbocycles. The van der Waals surface area contributed by atoms with E-state index in [-0.39, 0.29) is 24.5 Å². The van der Waals surface area contributed by atoms with Gasteiger partial charge in [0.2, 0.25) is 11.8 Å². The predicted octanol–water partition coefficient (Wildman–Crippen LogP) is 2.82. The monoisotopic (exact) mass is 379 g/mol. The molecule has 1 saturated heterocycles. The van der Waals surface area contributed by atoms with Crippen molar-refractivity contribution in [2.45, 2.75) is 25.9 Å². The van der Waals surface area contributed by atoms with E-state index in [2.05, 4.69) is 23.2 Å². The fourth-order valence-corrected chi connectivity index (χ4v) is 3.79. The molecule has 0 spiro atoms. The van der Waals surface area contributed by atoms with Gasteiger partial charge in [-0.1, -0.05) is 30.3 Å². The molecule has 0 aliphatic carbocycles. The van der Waals surface area contributed by atoms with Gasteiger partial charge in [0, 0.05) is 13.1 Å². The molecule has 2 amide bonds. The molecule has 2 aliphatic heterocycles. The highest BCUT2D eigenvalue weighted by atomic mass is 16.5. The summed E-state index contributed by atoms with van der Waals surface area (Å²) in [4.78, 5) is 28.5. The Kier molecular flexibility index (Phi) is 5.30. The number of ether oxygens (including phenoxy) is 1. The Bertz CT molecular complexity index is 875. The van der Waals surface area contributed by atoms with Crippen LogP contribution in [0.1, 0.15) is 18.4 Å². The summed E-state index contributed by atoms with van der Waals surface area (Å²) >= 11 is 0. The Balaban J connectivity index is 1.33. The minimum atomic E-state index is -0.155. The highest BCUT2D eigenvalue weighted by Crippen LogP contribution is 2.29. The summed E-state index contributed by atoms with van der Waals surface area (Å²) in [6.45, 7) is 4.06. The van der Waals surface area contributed by atoms with Crippen LogP contribution in [-0.2, 0) is 9.59 Å². The van der Waals surface area contributed by atoms with E-state index in [1.54, 1.807) is 4.90 Å². The number of nitrogens with zero attached hydrogens (tertiary/aromatic N) is 2. The molecule has 0 radical (unpaired) electrons. The van der Waals surface area contributed by atoms with Crippen LogP contribution < -0.4 is 15.0 Å². The van der Waals surface area contributed by atoms with Crippen LogP contribution in [0.5, 0.6) is 5.75 Å². The van der Waals surface area contributed by atoms with Crippen molar-refractivity contribution in [3.05, 3.63) is 54.1 Å². The Labute approximate surface area is 165 Å². The number of para-hydroxylation sites is 3. The smallest absolute Gasteiger partial charge is 0.244 e. The zero-order chi connectivity index (χ0) is 19.5. The Hall–Kier alpha value is -2.86. The number of nitrogens with one attached hydrogen (secondary N) is 1. The SMILES string of the molecule is Cc1ccccc1OC1CCN(CC(=O)N2CC(=O)Nc3ccccc32)CC1. The highest BCUT2D eigenvalue weighted by molar-refractivity contribution is 6.10. The molecule has 146 valence electrons. The molecule has 0 atom stereocenters. The summed E-state index contributed by atoms with van der Waals surface area (Å²) < 4.78 is 6.14. The number of piperidine rings is 1. The molecule has 6 heteroatoms. The average molecular weight is 379 g/mol. The molecular weight excluding hydrogens is 354 g/mol. The second-order valence-electron chi connectivity index (χ2n) is 7.40. The average Bonchev–Trinajstić information content (AvgIpc) is 2.70. The number of amides is 2. The number of carbonyl (C=O) groups excluding carboxylic acids is 2. The molecule has 0 aromatic heterocycles. The first-order chi connectivity index (χ1) is 13.6. The largest absolute Gasteiger partial charge is 0.490 e.